The molecule has 0 aliphatic heterocycles. The minimum Gasteiger partial charge on any atom is -0.438 e. The fourth-order valence-corrected chi connectivity index (χ4v) is 2.13. The van der Waals surface area contributed by atoms with Gasteiger partial charge in [0.15, 0.2) is 0 Å². The molecule has 1 N–H and O–H groups in total. The quantitative estimate of drug-likeness (QED) is 0.887. The van der Waals surface area contributed by atoms with Gasteiger partial charge in [0.05, 0.1) is 4.47 Å². The van der Waals surface area contributed by atoms with E-state index >= 15 is 0 Å². The molecule has 1 heterocycles. The van der Waals surface area contributed by atoms with Crippen LogP contribution in [-0.2, 0) is 6.54 Å². The molecule has 1 aromatic carbocycles. The van der Waals surface area contributed by atoms with Gasteiger partial charge in [0.25, 0.3) is 0 Å². The van der Waals surface area contributed by atoms with Crippen molar-refractivity contribution < 1.29 is 9.13 Å². The molecular weight excluding hydrogens is 323 g/mol. The molecule has 0 aliphatic carbocycles. The van der Waals surface area contributed by atoms with Crippen molar-refractivity contribution in [1.29, 1.82) is 0 Å². The van der Waals surface area contributed by atoms with E-state index in [0.717, 1.165) is 24.3 Å². The van der Waals surface area contributed by atoms with Gasteiger partial charge in [0.1, 0.15) is 11.6 Å². The predicted molar refractivity (Wildman–Crippen MR) is 80.5 cm³/mol. The smallest absolute Gasteiger partial charge is 0.219 e. The van der Waals surface area contributed by atoms with Crippen LogP contribution in [0.25, 0.3) is 0 Å². The Kier molecular flexibility index (Phi) is 5.09. The summed E-state index contributed by atoms with van der Waals surface area (Å²) in [6, 6.07) is 8.17. The lowest BCUT2D eigenvalue weighted by Crippen LogP contribution is -2.12. The maximum atomic E-state index is 13.2. The zero-order chi connectivity index (χ0) is 14.5. The fraction of sp³-hybridized carbons (Fsp3) is 0.267. The molecule has 2 aromatic rings. The number of pyridine rings is 1. The number of nitrogens with zero attached hydrogens (tertiary/aromatic N) is 1. The summed E-state index contributed by atoms with van der Waals surface area (Å²) >= 11 is 3.34. The lowest BCUT2D eigenvalue weighted by molar-refractivity contribution is 0.453. The highest BCUT2D eigenvalue weighted by Crippen LogP contribution is 2.29. The summed E-state index contributed by atoms with van der Waals surface area (Å²) in [5.74, 6) is 0.533. The molecule has 3 nitrogen and oxygen atoms in total. The zero-order valence-corrected chi connectivity index (χ0v) is 13.0. The molecule has 0 radical (unpaired) electrons. The first-order chi connectivity index (χ1) is 9.58. The maximum absolute atomic E-state index is 13.2. The van der Waals surface area contributed by atoms with E-state index in [4.69, 9.17) is 4.74 Å². The van der Waals surface area contributed by atoms with Crippen molar-refractivity contribution >= 4 is 15.9 Å². The van der Waals surface area contributed by atoms with Crippen LogP contribution in [0.15, 0.2) is 34.8 Å². The topological polar surface area (TPSA) is 34.2 Å². The number of aromatic nitrogens is 1. The van der Waals surface area contributed by atoms with Crippen LogP contribution in [0, 0.1) is 12.7 Å². The number of rotatable bonds is 5. The van der Waals surface area contributed by atoms with Gasteiger partial charge in [0, 0.05) is 24.4 Å². The van der Waals surface area contributed by atoms with Crippen LogP contribution in [0.2, 0.25) is 0 Å². The van der Waals surface area contributed by atoms with E-state index in [1.807, 2.05) is 19.1 Å². The Bertz CT molecular complexity index is 604. The standard InChI is InChI=1S/C15H16BrFN2O/c1-3-18-9-11-6-10(2)19-15(7-11)20-14-8-12(17)4-5-13(14)16/h4-8,18H,3,9H2,1-2H3. The largest absolute Gasteiger partial charge is 0.438 e. The number of hydrogen-bond acceptors (Lipinski definition) is 3. The van der Waals surface area contributed by atoms with Crippen LogP contribution in [0.4, 0.5) is 4.39 Å². The van der Waals surface area contributed by atoms with Crippen LogP contribution in [0.5, 0.6) is 11.6 Å². The van der Waals surface area contributed by atoms with Crippen molar-refractivity contribution in [2.75, 3.05) is 6.54 Å². The number of ether oxygens (including phenoxy) is 1. The SMILES string of the molecule is CCNCc1cc(C)nc(Oc2cc(F)ccc2Br)c1. The predicted octanol–water partition coefficient (Wildman–Crippen LogP) is 4.19. The summed E-state index contributed by atoms with van der Waals surface area (Å²) in [5.41, 5.74) is 1.95. The minimum atomic E-state index is -0.344. The normalized spacial score (nSPS) is 10.6. The lowest BCUT2D eigenvalue weighted by atomic mass is 10.2. The highest BCUT2D eigenvalue weighted by atomic mass is 79.9. The Hall–Kier alpha value is -1.46. The molecule has 0 unspecified atom stereocenters. The van der Waals surface area contributed by atoms with E-state index in [-0.39, 0.29) is 5.82 Å². The van der Waals surface area contributed by atoms with Gasteiger partial charge in [-0.05, 0) is 53.2 Å². The third kappa shape index (κ3) is 4.02. The summed E-state index contributed by atoms with van der Waals surface area (Å²) in [7, 11) is 0. The van der Waals surface area contributed by atoms with Crippen molar-refractivity contribution in [3.8, 4) is 11.6 Å². The van der Waals surface area contributed by atoms with Gasteiger partial charge in [0.2, 0.25) is 5.88 Å². The highest BCUT2D eigenvalue weighted by molar-refractivity contribution is 9.10. The Morgan fingerprint density at radius 2 is 2.10 bits per heavy atom. The number of benzene rings is 1. The Morgan fingerprint density at radius 3 is 2.85 bits per heavy atom. The Balaban J connectivity index is 2.24. The van der Waals surface area contributed by atoms with Crippen LogP contribution in [0.1, 0.15) is 18.2 Å². The van der Waals surface area contributed by atoms with E-state index < -0.39 is 0 Å². The number of aryl methyl sites for hydroxylation is 1. The Labute approximate surface area is 126 Å². The molecule has 1 aromatic heterocycles. The zero-order valence-electron chi connectivity index (χ0n) is 11.4. The summed E-state index contributed by atoms with van der Waals surface area (Å²) in [5, 5.41) is 3.25. The number of nitrogens with one attached hydrogen (secondary N) is 1. The highest BCUT2D eigenvalue weighted by Gasteiger charge is 2.07. The van der Waals surface area contributed by atoms with E-state index in [2.05, 4.69) is 33.2 Å². The van der Waals surface area contributed by atoms with Crippen LogP contribution in [-0.4, -0.2) is 11.5 Å². The molecule has 0 saturated heterocycles. The first-order valence-corrected chi connectivity index (χ1v) is 7.19. The van der Waals surface area contributed by atoms with E-state index in [1.54, 1.807) is 6.07 Å². The van der Waals surface area contributed by atoms with Crippen molar-refractivity contribution in [2.45, 2.75) is 20.4 Å². The molecule has 2 rings (SSSR count). The monoisotopic (exact) mass is 338 g/mol. The molecule has 5 heteroatoms. The van der Waals surface area contributed by atoms with Gasteiger partial charge >= 0.3 is 0 Å². The second kappa shape index (κ2) is 6.81. The van der Waals surface area contributed by atoms with Crippen molar-refractivity contribution in [3.63, 3.8) is 0 Å². The van der Waals surface area contributed by atoms with Crippen molar-refractivity contribution in [3.05, 3.63) is 51.9 Å². The summed E-state index contributed by atoms with van der Waals surface area (Å²) < 4.78 is 19.6. The summed E-state index contributed by atoms with van der Waals surface area (Å²) in [6.07, 6.45) is 0. The molecule has 0 aliphatic rings. The first kappa shape index (κ1) is 14.9. The van der Waals surface area contributed by atoms with Crippen LogP contribution >= 0.6 is 15.9 Å². The minimum absolute atomic E-state index is 0.344. The van der Waals surface area contributed by atoms with Gasteiger partial charge in [-0.3, -0.25) is 0 Å². The van der Waals surface area contributed by atoms with E-state index in [1.165, 1.54) is 12.1 Å². The third-order valence-electron chi connectivity index (χ3n) is 2.68. The van der Waals surface area contributed by atoms with Gasteiger partial charge in [-0.2, -0.15) is 0 Å². The van der Waals surface area contributed by atoms with Gasteiger partial charge < -0.3 is 10.1 Å². The van der Waals surface area contributed by atoms with E-state index in [0.29, 0.717) is 16.1 Å². The molecule has 20 heavy (non-hydrogen) atoms. The number of hydrogen-bond donors (Lipinski definition) is 1. The average molecular weight is 339 g/mol. The van der Waals surface area contributed by atoms with Gasteiger partial charge in [-0.1, -0.05) is 6.92 Å². The van der Waals surface area contributed by atoms with Crippen LogP contribution in [0.3, 0.4) is 0 Å². The molecule has 0 amide bonds. The molecule has 0 saturated carbocycles. The summed E-state index contributed by atoms with van der Waals surface area (Å²) in [6.45, 7) is 5.60. The third-order valence-corrected chi connectivity index (χ3v) is 3.33. The molecule has 0 spiro atoms. The maximum Gasteiger partial charge on any atom is 0.219 e. The van der Waals surface area contributed by atoms with Crippen molar-refractivity contribution in [1.82, 2.24) is 10.3 Å². The number of halogens is 2. The lowest BCUT2D eigenvalue weighted by Gasteiger charge is -2.10. The fourth-order valence-electron chi connectivity index (χ4n) is 1.80. The van der Waals surface area contributed by atoms with E-state index in [9.17, 15) is 4.39 Å². The van der Waals surface area contributed by atoms with Crippen molar-refractivity contribution in [2.24, 2.45) is 0 Å². The second-order valence-corrected chi connectivity index (χ2v) is 5.27. The van der Waals surface area contributed by atoms with Gasteiger partial charge in [-0.15, -0.1) is 0 Å². The second-order valence-electron chi connectivity index (χ2n) is 4.41. The molecule has 0 fully saturated rings. The Morgan fingerprint density at radius 1 is 1.30 bits per heavy atom. The summed E-state index contributed by atoms with van der Waals surface area (Å²) in [4.78, 5) is 4.31. The molecule has 106 valence electrons. The molecule has 0 atom stereocenters. The molecule has 0 bridgehead atoms. The first-order valence-electron chi connectivity index (χ1n) is 6.39. The van der Waals surface area contributed by atoms with Crippen LogP contribution < -0.4 is 10.1 Å². The van der Waals surface area contributed by atoms with Gasteiger partial charge in [-0.25, -0.2) is 9.37 Å². The molecular formula is C15H16BrFN2O. The average Bonchev–Trinajstić information content (AvgIpc) is 2.40.